The molecule has 5 nitrogen and oxygen atoms in total. The Labute approximate surface area is 146 Å². The molecular weight excluding hydrogens is 339 g/mol. The van der Waals surface area contributed by atoms with Gasteiger partial charge in [0.2, 0.25) is 0 Å². The summed E-state index contributed by atoms with van der Waals surface area (Å²) in [6.07, 6.45) is -0.0125. The molecule has 1 atom stereocenters. The number of aliphatic hydroxyl groups excluding tert-OH is 1. The van der Waals surface area contributed by atoms with Crippen LogP contribution in [-0.2, 0) is 15.3 Å². The Kier molecular flexibility index (Phi) is 5.40. The summed E-state index contributed by atoms with van der Waals surface area (Å²) in [7, 11) is -3.64. The fourth-order valence-corrected chi connectivity index (χ4v) is 4.20. The van der Waals surface area contributed by atoms with E-state index in [1.54, 1.807) is 6.92 Å². The molecule has 6 heteroatoms. The van der Waals surface area contributed by atoms with Gasteiger partial charge >= 0.3 is 7.60 Å². The number of hydrogen-bond acceptors (Lipinski definition) is 4. The minimum absolute atomic E-state index is 0.0125. The van der Waals surface area contributed by atoms with Crippen molar-refractivity contribution >= 4 is 29.1 Å². The highest BCUT2D eigenvalue weighted by molar-refractivity contribution is 7.52. The molecule has 0 aliphatic heterocycles. The van der Waals surface area contributed by atoms with Crippen molar-refractivity contribution in [1.82, 2.24) is 0 Å². The van der Waals surface area contributed by atoms with Crippen molar-refractivity contribution in [2.45, 2.75) is 13.1 Å². The van der Waals surface area contributed by atoms with Crippen LogP contribution < -0.4 is 4.74 Å². The standard InChI is InChI=1S/C19H21O5P/c1-2-24-25(21,22)13-15-4-3-5-19-17-9-7-16(23-11-10-20)12-14(17)6-8-18(15)19/h3-9,12,20H,2,10-11,13H2,1H3,(H,21,22). The molecule has 0 aliphatic rings. The van der Waals surface area contributed by atoms with Crippen LogP contribution in [0.3, 0.4) is 0 Å². The average molecular weight is 360 g/mol. The van der Waals surface area contributed by atoms with E-state index in [2.05, 4.69) is 0 Å². The summed E-state index contributed by atoms with van der Waals surface area (Å²) < 4.78 is 22.6. The summed E-state index contributed by atoms with van der Waals surface area (Å²) >= 11 is 0. The molecule has 0 bridgehead atoms. The van der Waals surface area contributed by atoms with Crippen LogP contribution in [0.1, 0.15) is 12.5 Å². The quantitative estimate of drug-likeness (QED) is 0.490. The Morgan fingerprint density at radius 3 is 2.60 bits per heavy atom. The van der Waals surface area contributed by atoms with E-state index in [1.165, 1.54) is 0 Å². The van der Waals surface area contributed by atoms with E-state index in [4.69, 9.17) is 14.4 Å². The van der Waals surface area contributed by atoms with Gasteiger partial charge in [0.05, 0.1) is 19.4 Å². The zero-order valence-corrected chi connectivity index (χ0v) is 14.9. The van der Waals surface area contributed by atoms with E-state index >= 15 is 0 Å². The first-order valence-corrected chi connectivity index (χ1v) is 9.95. The Morgan fingerprint density at radius 2 is 1.84 bits per heavy atom. The van der Waals surface area contributed by atoms with E-state index in [-0.39, 0.29) is 26.0 Å². The monoisotopic (exact) mass is 360 g/mol. The van der Waals surface area contributed by atoms with Gasteiger partial charge in [0.1, 0.15) is 12.4 Å². The number of rotatable bonds is 7. The fourth-order valence-electron chi connectivity index (χ4n) is 3.00. The summed E-state index contributed by atoms with van der Waals surface area (Å²) in [5.41, 5.74) is 0.791. The van der Waals surface area contributed by atoms with Crippen LogP contribution in [0.5, 0.6) is 5.75 Å². The molecular formula is C19H21O5P. The topological polar surface area (TPSA) is 76.0 Å². The molecule has 0 saturated heterocycles. The summed E-state index contributed by atoms with van der Waals surface area (Å²) in [6, 6.07) is 15.4. The van der Waals surface area contributed by atoms with E-state index < -0.39 is 7.60 Å². The third-order valence-electron chi connectivity index (χ3n) is 4.00. The molecule has 1 unspecified atom stereocenters. The first-order valence-electron chi connectivity index (χ1n) is 8.18. The van der Waals surface area contributed by atoms with Crippen LogP contribution in [0, 0.1) is 0 Å². The van der Waals surface area contributed by atoms with Gasteiger partial charge in [-0.15, -0.1) is 0 Å². The first kappa shape index (κ1) is 17.9. The van der Waals surface area contributed by atoms with Crippen molar-refractivity contribution in [2.75, 3.05) is 19.8 Å². The number of hydrogen-bond donors (Lipinski definition) is 2. The number of aliphatic hydroxyl groups is 1. The van der Waals surface area contributed by atoms with Crippen molar-refractivity contribution in [3.63, 3.8) is 0 Å². The molecule has 0 radical (unpaired) electrons. The van der Waals surface area contributed by atoms with Crippen LogP contribution in [0.25, 0.3) is 21.5 Å². The molecule has 25 heavy (non-hydrogen) atoms. The molecule has 0 aromatic heterocycles. The van der Waals surface area contributed by atoms with E-state index in [0.29, 0.717) is 5.75 Å². The SMILES string of the molecule is CCOP(=O)(O)Cc1cccc2c1ccc1cc(OCCO)ccc12. The van der Waals surface area contributed by atoms with Gasteiger partial charge in [0.15, 0.2) is 0 Å². The first-order chi connectivity index (χ1) is 12.0. The number of ether oxygens (including phenoxy) is 1. The van der Waals surface area contributed by atoms with Crippen molar-refractivity contribution in [3.8, 4) is 5.75 Å². The third-order valence-corrected chi connectivity index (χ3v) is 5.40. The molecule has 2 N–H and O–H groups in total. The van der Waals surface area contributed by atoms with Gasteiger partial charge in [-0.3, -0.25) is 4.57 Å². The van der Waals surface area contributed by atoms with E-state index in [9.17, 15) is 9.46 Å². The van der Waals surface area contributed by atoms with Gasteiger partial charge in [0.25, 0.3) is 0 Å². The summed E-state index contributed by atoms with van der Waals surface area (Å²) in [5, 5.41) is 12.9. The second kappa shape index (κ2) is 7.54. The number of benzene rings is 3. The molecule has 0 spiro atoms. The van der Waals surface area contributed by atoms with Crippen molar-refractivity contribution in [2.24, 2.45) is 0 Å². The maximum atomic E-state index is 12.1. The highest BCUT2D eigenvalue weighted by Gasteiger charge is 2.20. The van der Waals surface area contributed by atoms with Crippen molar-refractivity contribution in [1.29, 1.82) is 0 Å². The summed E-state index contributed by atoms with van der Waals surface area (Å²) in [6.45, 7) is 2.14. The van der Waals surface area contributed by atoms with Gasteiger partial charge in [0, 0.05) is 0 Å². The molecule has 3 rings (SSSR count). The minimum atomic E-state index is -3.64. The Balaban J connectivity index is 2.05. The lowest BCUT2D eigenvalue weighted by molar-refractivity contribution is 0.201. The average Bonchev–Trinajstić information content (AvgIpc) is 2.59. The van der Waals surface area contributed by atoms with Crippen LogP contribution in [-0.4, -0.2) is 29.8 Å². The Morgan fingerprint density at radius 1 is 1.04 bits per heavy atom. The predicted octanol–water partition coefficient (Wildman–Crippen LogP) is 4.09. The molecule has 0 heterocycles. The maximum absolute atomic E-state index is 12.1. The van der Waals surface area contributed by atoms with Crippen LogP contribution in [0.2, 0.25) is 0 Å². The van der Waals surface area contributed by atoms with E-state index in [0.717, 1.165) is 27.1 Å². The lowest BCUT2D eigenvalue weighted by Gasteiger charge is -2.14. The fraction of sp³-hybridized carbons (Fsp3) is 0.263. The van der Waals surface area contributed by atoms with Gasteiger partial charge in [-0.2, -0.15) is 0 Å². The molecule has 0 aliphatic carbocycles. The van der Waals surface area contributed by atoms with Crippen LogP contribution in [0.4, 0.5) is 0 Å². The second-order valence-electron chi connectivity index (χ2n) is 5.75. The largest absolute Gasteiger partial charge is 0.491 e. The molecule has 0 fully saturated rings. The van der Waals surface area contributed by atoms with Crippen LogP contribution in [0.15, 0.2) is 48.5 Å². The normalized spacial score (nSPS) is 13.9. The van der Waals surface area contributed by atoms with Crippen LogP contribution >= 0.6 is 7.60 Å². The van der Waals surface area contributed by atoms with Crippen molar-refractivity contribution in [3.05, 3.63) is 54.1 Å². The highest BCUT2D eigenvalue weighted by Crippen LogP contribution is 2.47. The van der Waals surface area contributed by atoms with Gasteiger partial charge < -0.3 is 19.3 Å². The van der Waals surface area contributed by atoms with E-state index in [1.807, 2.05) is 48.5 Å². The highest BCUT2D eigenvalue weighted by atomic mass is 31.2. The van der Waals surface area contributed by atoms with Gasteiger partial charge in [-0.05, 0) is 46.2 Å². The maximum Gasteiger partial charge on any atom is 0.332 e. The number of fused-ring (bicyclic) bond motifs is 3. The summed E-state index contributed by atoms with van der Waals surface area (Å²) in [4.78, 5) is 9.96. The molecule has 0 saturated carbocycles. The molecule has 0 amide bonds. The van der Waals surface area contributed by atoms with Gasteiger partial charge in [-0.25, -0.2) is 0 Å². The lowest BCUT2D eigenvalue weighted by Crippen LogP contribution is -2.01. The molecule has 3 aromatic rings. The van der Waals surface area contributed by atoms with Gasteiger partial charge in [-0.1, -0.05) is 36.4 Å². The Bertz CT molecular complexity index is 938. The molecule has 132 valence electrons. The molecule has 3 aromatic carbocycles. The summed E-state index contributed by atoms with van der Waals surface area (Å²) in [5.74, 6) is 0.702. The third kappa shape index (κ3) is 4.02. The van der Waals surface area contributed by atoms with Crippen molar-refractivity contribution < 1.29 is 23.8 Å². The lowest BCUT2D eigenvalue weighted by atomic mass is 9.99. The minimum Gasteiger partial charge on any atom is -0.491 e. The Hall–Kier alpha value is -1.91. The zero-order chi connectivity index (χ0) is 17.9. The zero-order valence-electron chi connectivity index (χ0n) is 14.0. The second-order valence-corrected chi connectivity index (χ2v) is 7.60. The smallest absolute Gasteiger partial charge is 0.332 e. The predicted molar refractivity (Wildman–Crippen MR) is 99.2 cm³/mol.